The Labute approximate surface area is 107 Å². The van der Waals surface area contributed by atoms with Crippen molar-refractivity contribution in [2.75, 3.05) is 0 Å². The molecule has 2 rings (SSSR count). The van der Waals surface area contributed by atoms with E-state index in [0.29, 0.717) is 0 Å². The Morgan fingerprint density at radius 3 is 2.78 bits per heavy atom. The maximum Gasteiger partial charge on any atom is 0.0724 e. The van der Waals surface area contributed by atoms with Crippen LogP contribution in [0.25, 0.3) is 0 Å². The van der Waals surface area contributed by atoms with Crippen molar-refractivity contribution in [2.24, 2.45) is 0 Å². The minimum Gasteiger partial charge on any atom is -0.307 e. The van der Waals surface area contributed by atoms with Crippen molar-refractivity contribution in [1.82, 2.24) is 25.1 Å². The summed E-state index contributed by atoms with van der Waals surface area (Å²) in [5.74, 6) is 0. The van der Waals surface area contributed by atoms with Crippen molar-refractivity contribution in [1.29, 1.82) is 0 Å². The Morgan fingerprint density at radius 2 is 2.06 bits per heavy atom. The quantitative estimate of drug-likeness (QED) is 0.841. The molecule has 0 unspecified atom stereocenters. The number of rotatable bonds is 6. The largest absolute Gasteiger partial charge is 0.307 e. The zero-order valence-electron chi connectivity index (χ0n) is 10.9. The van der Waals surface area contributed by atoms with Gasteiger partial charge in [-0.1, -0.05) is 6.92 Å². The molecule has 0 saturated heterocycles. The van der Waals surface area contributed by atoms with Crippen LogP contribution in [-0.2, 0) is 19.6 Å². The molecule has 5 nitrogen and oxygen atoms in total. The third kappa shape index (κ3) is 3.63. The fraction of sp³-hybridized carbons (Fsp3) is 0.462. The van der Waals surface area contributed by atoms with Crippen molar-refractivity contribution >= 4 is 0 Å². The first-order valence-electron chi connectivity index (χ1n) is 6.27. The van der Waals surface area contributed by atoms with Crippen molar-refractivity contribution in [3.63, 3.8) is 0 Å². The van der Waals surface area contributed by atoms with Crippen LogP contribution < -0.4 is 5.32 Å². The molecule has 96 valence electrons. The minimum atomic E-state index is 0.728. The summed E-state index contributed by atoms with van der Waals surface area (Å²) in [6.07, 6.45) is 8.69. The third-order valence-electron chi connectivity index (χ3n) is 2.61. The van der Waals surface area contributed by atoms with Gasteiger partial charge in [0, 0.05) is 43.8 Å². The summed E-state index contributed by atoms with van der Waals surface area (Å²) in [6, 6.07) is 0. The lowest BCUT2D eigenvalue weighted by Gasteiger charge is -2.02. The van der Waals surface area contributed by atoms with E-state index in [-0.39, 0.29) is 0 Å². The zero-order valence-corrected chi connectivity index (χ0v) is 10.9. The highest BCUT2D eigenvalue weighted by Crippen LogP contribution is 1.99. The Bertz CT molecular complexity index is 474. The first-order valence-corrected chi connectivity index (χ1v) is 6.27. The van der Waals surface area contributed by atoms with Crippen LogP contribution in [0.3, 0.4) is 0 Å². The van der Waals surface area contributed by atoms with E-state index in [1.165, 1.54) is 5.56 Å². The number of aryl methyl sites for hydroxylation is 2. The van der Waals surface area contributed by atoms with Gasteiger partial charge >= 0.3 is 0 Å². The highest BCUT2D eigenvalue weighted by Gasteiger charge is 1.99. The van der Waals surface area contributed by atoms with Crippen LogP contribution in [0.1, 0.15) is 30.3 Å². The lowest BCUT2D eigenvalue weighted by atomic mass is 10.3. The fourth-order valence-corrected chi connectivity index (χ4v) is 1.69. The van der Waals surface area contributed by atoms with Gasteiger partial charge in [-0.3, -0.25) is 14.6 Å². The van der Waals surface area contributed by atoms with Crippen molar-refractivity contribution in [3.05, 3.63) is 41.7 Å². The van der Waals surface area contributed by atoms with E-state index in [4.69, 9.17) is 0 Å². The fourth-order valence-electron chi connectivity index (χ4n) is 1.69. The van der Waals surface area contributed by atoms with Gasteiger partial charge in [0.1, 0.15) is 0 Å². The number of hydrogen-bond acceptors (Lipinski definition) is 4. The van der Waals surface area contributed by atoms with Crippen molar-refractivity contribution < 1.29 is 0 Å². The van der Waals surface area contributed by atoms with Gasteiger partial charge in [0.05, 0.1) is 17.6 Å². The lowest BCUT2D eigenvalue weighted by molar-refractivity contribution is 0.601. The second kappa shape index (κ2) is 6.26. The number of nitrogens with zero attached hydrogens (tertiary/aromatic N) is 4. The van der Waals surface area contributed by atoms with Crippen LogP contribution in [0.2, 0.25) is 0 Å². The molecule has 0 amide bonds. The molecule has 2 heterocycles. The van der Waals surface area contributed by atoms with Gasteiger partial charge < -0.3 is 5.32 Å². The Balaban J connectivity index is 1.79. The molecule has 0 aliphatic rings. The predicted molar refractivity (Wildman–Crippen MR) is 69.8 cm³/mol. The molecule has 5 heteroatoms. The molecule has 0 radical (unpaired) electrons. The smallest absolute Gasteiger partial charge is 0.0724 e. The second-order valence-corrected chi connectivity index (χ2v) is 4.36. The van der Waals surface area contributed by atoms with Gasteiger partial charge in [-0.2, -0.15) is 5.10 Å². The number of aromatic nitrogens is 4. The van der Waals surface area contributed by atoms with Gasteiger partial charge in [0.25, 0.3) is 0 Å². The number of nitrogens with one attached hydrogen (secondary N) is 1. The molecule has 2 aromatic heterocycles. The van der Waals surface area contributed by atoms with Crippen molar-refractivity contribution in [2.45, 2.75) is 39.9 Å². The summed E-state index contributed by atoms with van der Waals surface area (Å²) in [4.78, 5) is 8.51. The van der Waals surface area contributed by atoms with Crippen LogP contribution in [0.5, 0.6) is 0 Å². The van der Waals surface area contributed by atoms with E-state index in [1.807, 2.05) is 24.0 Å². The topological polar surface area (TPSA) is 55.6 Å². The van der Waals surface area contributed by atoms with Crippen LogP contribution in [0.4, 0.5) is 0 Å². The summed E-state index contributed by atoms with van der Waals surface area (Å²) < 4.78 is 1.97. The third-order valence-corrected chi connectivity index (χ3v) is 2.61. The first-order chi connectivity index (χ1) is 8.78. The SMILES string of the molecule is CCCn1cc(CNCc2cnc(C)cn2)cn1. The average molecular weight is 245 g/mol. The highest BCUT2D eigenvalue weighted by molar-refractivity contribution is 5.04. The average Bonchev–Trinajstić information content (AvgIpc) is 2.80. The molecule has 2 aromatic rings. The Morgan fingerprint density at radius 1 is 1.17 bits per heavy atom. The van der Waals surface area contributed by atoms with E-state index < -0.39 is 0 Å². The molecule has 0 aliphatic carbocycles. The summed E-state index contributed by atoms with van der Waals surface area (Å²) in [6.45, 7) is 6.59. The summed E-state index contributed by atoms with van der Waals surface area (Å²) >= 11 is 0. The minimum absolute atomic E-state index is 0.728. The van der Waals surface area contributed by atoms with Crippen LogP contribution in [-0.4, -0.2) is 19.7 Å². The molecule has 0 aromatic carbocycles. The zero-order chi connectivity index (χ0) is 12.8. The molecular weight excluding hydrogens is 226 g/mol. The van der Waals surface area contributed by atoms with Crippen molar-refractivity contribution in [3.8, 4) is 0 Å². The maximum atomic E-state index is 4.30. The monoisotopic (exact) mass is 245 g/mol. The standard InChI is InChI=1S/C13H19N5/c1-3-4-18-10-12(7-17-18)6-14-8-13-9-15-11(2)5-16-13/h5,7,9-10,14H,3-4,6,8H2,1-2H3. The van der Waals surface area contributed by atoms with E-state index in [9.17, 15) is 0 Å². The molecule has 0 bridgehead atoms. The van der Waals surface area contributed by atoms with Crippen LogP contribution >= 0.6 is 0 Å². The first kappa shape index (κ1) is 12.7. The normalized spacial score (nSPS) is 10.8. The Kier molecular flexibility index (Phi) is 4.41. The molecular formula is C13H19N5. The number of hydrogen-bond donors (Lipinski definition) is 1. The van der Waals surface area contributed by atoms with E-state index in [1.54, 1.807) is 6.20 Å². The van der Waals surface area contributed by atoms with Gasteiger partial charge in [0.2, 0.25) is 0 Å². The predicted octanol–water partition coefficient (Wildman–Crippen LogP) is 1.68. The molecule has 0 fully saturated rings. The van der Waals surface area contributed by atoms with Gasteiger partial charge in [0.15, 0.2) is 0 Å². The van der Waals surface area contributed by atoms with Crippen LogP contribution in [0, 0.1) is 6.92 Å². The lowest BCUT2D eigenvalue weighted by Crippen LogP contribution is -2.13. The highest BCUT2D eigenvalue weighted by atomic mass is 15.3. The second-order valence-electron chi connectivity index (χ2n) is 4.36. The molecule has 0 saturated carbocycles. The van der Waals surface area contributed by atoms with Crippen LogP contribution in [0.15, 0.2) is 24.8 Å². The summed E-state index contributed by atoms with van der Waals surface area (Å²) in [5, 5.41) is 7.63. The van der Waals surface area contributed by atoms with E-state index >= 15 is 0 Å². The molecule has 0 atom stereocenters. The van der Waals surface area contributed by atoms with Gasteiger partial charge in [-0.05, 0) is 13.3 Å². The maximum absolute atomic E-state index is 4.30. The molecule has 0 spiro atoms. The van der Waals surface area contributed by atoms with Gasteiger partial charge in [-0.15, -0.1) is 0 Å². The molecule has 1 N–H and O–H groups in total. The Hall–Kier alpha value is -1.75. The van der Waals surface area contributed by atoms with E-state index in [0.717, 1.165) is 37.4 Å². The summed E-state index contributed by atoms with van der Waals surface area (Å²) in [5.41, 5.74) is 3.10. The van der Waals surface area contributed by atoms with Gasteiger partial charge in [-0.25, -0.2) is 0 Å². The van der Waals surface area contributed by atoms with E-state index in [2.05, 4.69) is 33.5 Å². The molecule has 18 heavy (non-hydrogen) atoms. The molecule has 0 aliphatic heterocycles. The summed E-state index contributed by atoms with van der Waals surface area (Å²) in [7, 11) is 0.